The predicted molar refractivity (Wildman–Crippen MR) is 54.9 cm³/mol. The Balaban J connectivity index is 4.37. The van der Waals surface area contributed by atoms with Crippen molar-refractivity contribution in [3.8, 4) is 0 Å². The van der Waals surface area contributed by atoms with E-state index in [0.29, 0.717) is 0 Å². The van der Waals surface area contributed by atoms with Crippen LogP contribution >= 0.6 is 12.2 Å². The van der Waals surface area contributed by atoms with E-state index in [-0.39, 0.29) is 18.0 Å². The normalized spacial score (nSPS) is 12.5. The first kappa shape index (κ1) is 12.3. The molecule has 1 atom stereocenters. The Morgan fingerprint density at radius 1 is 1.38 bits per heavy atom. The number of hydrogen-bond acceptors (Lipinski definition) is 4. The molecule has 0 aliphatic heterocycles. The maximum absolute atomic E-state index is 11.4. The molecule has 0 heterocycles. The molecule has 0 aromatic rings. The van der Waals surface area contributed by atoms with Gasteiger partial charge in [0.05, 0.1) is 11.3 Å². The van der Waals surface area contributed by atoms with E-state index >= 15 is 0 Å². The maximum Gasteiger partial charge on any atom is 0.332 e. The van der Waals surface area contributed by atoms with Crippen LogP contribution in [0.3, 0.4) is 0 Å². The van der Waals surface area contributed by atoms with Crippen molar-refractivity contribution in [2.24, 2.45) is 10.9 Å². The first-order chi connectivity index (χ1) is 5.99. The number of aliphatic imine (C=N–C) groups is 1. The third kappa shape index (κ3) is 4.76. The largest absolute Gasteiger partial charge is 0.461 e. The lowest BCUT2D eigenvalue weighted by molar-refractivity contribution is -0.149. The van der Waals surface area contributed by atoms with E-state index in [1.54, 1.807) is 13.8 Å². The van der Waals surface area contributed by atoms with E-state index in [2.05, 4.69) is 22.4 Å². The highest BCUT2D eigenvalue weighted by Crippen LogP contribution is 2.09. The lowest BCUT2D eigenvalue weighted by atomic mass is 10.1. The van der Waals surface area contributed by atoms with Gasteiger partial charge in [-0.1, -0.05) is 13.8 Å². The molecule has 3 nitrogen and oxygen atoms in total. The number of rotatable bonds is 4. The maximum atomic E-state index is 11.4. The summed E-state index contributed by atoms with van der Waals surface area (Å²) in [5, 5.41) is 2.21. The Labute approximate surface area is 84.2 Å². The van der Waals surface area contributed by atoms with Crippen molar-refractivity contribution in [2.75, 3.05) is 0 Å². The Bertz CT molecular complexity index is 220. The van der Waals surface area contributed by atoms with Gasteiger partial charge < -0.3 is 4.74 Å². The molecule has 13 heavy (non-hydrogen) atoms. The molecule has 0 saturated carbocycles. The molecule has 0 fully saturated rings. The van der Waals surface area contributed by atoms with E-state index in [1.807, 2.05) is 13.8 Å². The van der Waals surface area contributed by atoms with E-state index in [0.717, 1.165) is 0 Å². The van der Waals surface area contributed by atoms with Gasteiger partial charge in [0.1, 0.15) is 0 Å². The monoisotopic (exact) mass is 201 g/mol. The fourth-order valence-electron chi connectivity index (χ4n) is 0.833. The molecule has 0 saturated heterocycles. The molecule has 0 bridgehead atoms. The average Bonchev–Trinajstić information content (AvgIpc) is 1.97. The minimum Gasteiger partial charge on any atom is -0.461 e. The fraction of sp³-hybridized carbons (Fsp3) is 0.778. The summed E-state index contributed by atoms with van der Waals surface area (Å²) < 4.78 is 5.01. The number of isothiocyanates is 1. The number of ether oxygens (including phenoxy) is 1. The highest BCUT2D eigenvalue weighted by Gasteiger charge is 2.23. The van der Waals surface area contributed by atoms with Crippen molar-refractivity contribution in [2.45, 2.75) is 39.8 Å². The average molecular weight is 201 g/mol. The summed E-state index contributed by atoms with van der Waals surface area (Å²) >= 11 is 4.46. The van der Waals surface area contributed by atoms with E-state index in [9.17, 15) is 4.79 Å². The van der Waals surface area contributed by atoms with Crippen molar-refractivity contribution < 1.29 is 9.53 Å². The number of carbonyl (C=O) groups is 1. The van der Waals surface area contributed by atoms with Crippen LogP contribution in [-0.4, -0.2) is 23.3 Å². The van der Waals surface area contributed by atoms with Crippen LogP contribution in [0.25, 0.3) is 0 Å². The molecule has 0 aliphatic carbocycles. The van der Waals surface area contributed by atoms with Crippen LogP contribution in [0.15, 0.2) is 4.99 Å². The second-order valence-electron chi connectivity index (χ2n) is 3.39. The zero-order chi connectivity index (χ0) is 10.4. The smallest absolute Gasteiger partial charge is 0.332 e. The van der Waals surface area contributed by atoms with E-state index in [4.69, 9.17) is 4.74 Å². The molecule has 0 spiro atoms. The fourth-order valence-corrected chi connectivity index (χ4v) is 0.946. The van der Waals surface area contributed by atoms with Crippen LogP contribution in [0.5, 0.6) is 0 Å². The van der Waals surface area contributed by atoms with Gasteiger partial charge in [-0.3, -0.25) is 0 Å². The van der Waals surface area contributed by atoms with Crippen molar-refractivity contribution in [3.05, 3.63) is 0 Å². The summed E-state index contributed by atoms with van der Waals surface area (Å²) in [6.07, 6.45) is -0.117. The zero-order valence-electron chi connectivity index (χ0n) is 8.40. The highest BCUT2D eigenvalue weighted by atomic mass is 32.1. The van der Waals surface area contributed by atoms with Gasteiger partial charge in [-0.05, 0) is 32.0 Å². The Morgan fingerprint density at radius 3 is 2.23 bits per heavy atom. The predicted octanol–water partition coefficient (Wildman–Crippen LogP) is 2.07. The van der Waals surface area contributed by atoms with Gasteiger partial charge in [0.15, 0.2) is 6.04 Å². The van der Waals surface area contributed by atoms with Gasteiger partial charge in [-0.25, -0.2) is 9.79 Å². The molecule has 0 amide bonds. The molecule has 74 valence electrons. The highest BCUT2D eigenvalue weighted by molar-refractivity contribution is 7.78. The second-order valence-corrected chi connectivity index (χ2v) is 3.58. The molecule has 0 rings (SSSR count). The Morgan fingerprint density at radius 2 is 1.92 bits per heavy atom. The van der Waals surface area contributed by atoms with Gasteiger partial charge in [-0.2, -0.15) is 0 Å². The lowest BCUT2D eigenvalue weighted by Crippen LogP contribution is -2.28. The third-order valence-electron chi connectivity index (χ3n) is 1.42. The number of hydrogen-bond donors (Lipinski definition) is 0. The molecular formula is C9H15NO2S. The molecule has 0 aliphatic rings. The third-order valence-corrected chi connectivity index (χ3v) is 1.52. The van der Waals surface area contributed by atoms with Crippen molar-refractivity contribution in [1.82, 2.24) is 0 Å². The summed E-state index contributed by atoms with van der Waals surface area (Å²) in [7, 11) is 0. The zero-order valence-corrected chi connectivity index (χ0v) is 9.22. The summed E-state index contributed by atoms with van der Waals surface area (Å²) in [5.41, 5.74) is 0. The van der Waals surface area contributed by atoms with Crippen molar-refractivity contribution in [3.63, 3.8) is 0 Å². The van der Waals surface area contributed by atoms with Crippen LogP contribution in [0.4, 0.5) is 0 Å². The van der Waals surface area contributed by atoms with E-state index < -0.39 is 6.04 Å². The van der Waals surface area contributed by atoms with Gasteiger partial charge in [0, 0.05) is 0 Å². The second kappa shape index (κ2) is 5.84. The molecule has 0 aromatic heterocycles. The number of thiocarbonyl (C=S) groups is 1. The Kier molecular flexibility index (Phi) is 5.51. The molecule has 0 N–H and O–H groups in total. The SMILES string of the molecule is CC(C)OC(=O)C(N=C=S)C(C)C. The first-order valence-corrected chi connectivity index (χ1v) is 4.67. The number of nitrogens with zero attached hydrogens (tertiary/aromatic N) is 1. The van der Waals surface area contributed by atoms with Crippen LogP contribution in [0, 0.1) is 5.92 Å². The summed E-state index contributed by atoms with van der Waals surface area (Å²) in [6, 6.07) is -0.514. The van der Waals surface area contributed by atoms with Crippen LogP contribution < -0.4 is 0 Å². The lowest BCUT2D eigenvalue weighted by Gasteiger charge is -2.15. The minimum absolute atomic E-state index is 0.0849. The topological polar surface area (TPSA) is 38.7 Å². The first-order valence-electron chi connectivity index (χ1n) is 4.26. The number of carbonyl (C=O) groups excluding carboxylic acids is 1. The molecule has 0 aromatic carbocycles. The van der Waals surface area contributed by atoms with Gasteiger partial charge in [0.2, 0.25) is 0 Å². The van der Waals surface area contributed by atoms with Gasteiger partial charge in [0.25, 0.3) is 0 Å². The number of esters is 1. The molecule has 0 radical (unpaired) electrons. The van der Waals surface area contributed by atoms with Crippen LogP contribution in [0.2, 0.25) is 0 Å². The van der Waals surface area contributed by atoms with Crippen LogP contribution in [0.1, 0.15) is 27.7 Å². The van der Waals surface area contributed by atoms with Gasteiger partial charge in [-0.15, -0.1) is 0 Å². The molecule has 4 heteroatoms. The summed E-state index contributed by atoms with van der Waals surface area (Å²) in [4.78, 5) is 15.1. The van der Waals surface area contributed by atoms with Crippen LogP contribution in [-0.2, 0) is 9.53 Å². The summed E-state index contributed by atoms with van der Waals surface area (Å²) in [5.74, 6) is -0.246. The molecule has 1 unspecified atom stereocenters. The molecular weight excluding hydrogens is 186 g/mol. The van der Waals surface area contributed by atoms with Crippen molar-refractivity contribution in [1.29, 1.82) is 0 Å². The van der Waals surface area contributed by atoms with Crippen molar-refractivity contribution >= 4 is 23.3 Å². The van der Waals surface area contributed by atoms with E-state index in [1.165, 1.54) is 0 Å². The van der Waals surface area contributed by atoms with Gasteiger partial charge >= 0.3 is 5.97 Å². The minimum atomic E-state index is -0.514. The summed E-state index contributed by atoms with van der Waals surface area (Å²) in [6.45, 7) is 7.39. The standard InChI is InChI=1S/C9H15NO2S/c1-6(2)8(10-5-13)9(11)12-7(3)4/h6-8H,1-4H3. The Hall–Kier alpha value is -0.730. The quantitative estimate of drug-likeness (QED) is 0.397.